The van der Waals surface area contributed by atoms with Gasteiger partial charge in [0.1, 0.15) is 11.3 Å². The predicted molar refractivity (Wildman–Crippen MR) is 70.8 cm³/mol. The van der Waals surface area contributed by atoms with Crippen molar-refractivity contribution >= 4 is 17.6 Å². The van der Waals surface area contributed by atoms with E-state index >= 15 is 0 Å². The molecule has 5 nitrogen and oxygen atoms in total. The number of hydrogen-bond acceptors (Lipinski definition) is 5. The van der Waals surface area contributed by atoms with Gasteiger partial charge in [0, 0.05) is 12.4 Å². The van der Waals surface area contributed by atoms with Gasteiger partial charge in [-0.3, -0.25) is 4.98 Å². The normalized spacial score (nSPS) is 10.2. The Kier molecular flexibility index (Phi) is 4.41. The van der Waals surface area contributed by atoms with Gasteiger partial charge in [-0.1, -0.05) is 6.07 Å². The van der Waals surface area contributed by atoms with E-state index in [-0.39, 0.29) is 11.4 Å². The Morgan fingerprint density at radius 1 is 1.37 bits per heavy atom. The van der Waals surface area contributed by atoms with E-state index in [4.69, 9.17) is 16.3 Å². The van der Waals surface area contributed by atoms with Gasteiger partial charge in [0.15, 0.2) is 5.82 Å². The van der Waals surface area contributed by atoms with Crippen molar-refractivity contribution in [1.29, 1.82) is 0 Å². The van der Waals surface area contributed by atoms with Crippen molar-refractivity contribution in [3.63, 3.8) is 0 Å². The van der Waals surface area contributed by atoms with Crippen molar-refractivity contribution in [2.24, 2.45) is 0 Å². The van der Waals surface area contributed by atoms with E-state index in [0.29, 0.717) is 23.8 Å². The molecule has 19 heavy (non-hydrogen) atoms. The average Bonchev–Trinajstić information content (AvgIpc) is 2.47. The summed E-state index contributed by atoms with van der Waals surface area (Å²) < 4.78 is 4.92. The number of pyridine rings is 1. The Bertz CT molecular complexity index is 575. The highest BCUT2D eigenvalue weighted by atomic mass is 35.5. The molecule has 6 heteroatoms. The Hall–Kier alpha value is -2.01. The van der Waals surface area contributed by atoms with Crippen LogP contribution in [0.4, 0.5) is 0 Å². The fraction of sp³-hybridized carbons (Fsp3) is 0.231. The molecule has 0 aliphatic rings. The lowest BCUT2D eigenvalue weighted by Gasteiger charge is -2.07. The van der Waals surface area contributed by atoms with Gasteiger partial charge in [-0.25, -0.2) is 14.8 Å². The summed E-state index contributed by atoms with van der Waals surface area (Å²) in [5.41, 5.74) is 1.36. The lowest BCUT2D eigenvalue weighted by atomic mass is 10.2. The highest BCUT2D eigenvalue weighted by molar-refractivity contribution is 6.17. The van der Waals surface area contributed by atoms with Crippen LogP contribution in [0, 0.1) is 0 Å². The third kappa shape index (κ3) is 3.06. The second kappa shape index (κ2) is 6.24. The molecule has 0 saturated heterocycles. The lowest BCUT2D eigenvalue weighted by molar-refractivity contribution is 0.0524. The SMILES string of the molecule is CCOC(=O)c1cnc(-c2ccccn2)nc1CCl. The first-order valence-corrected chi connectivity index (χ1v) is 6.30. The summed E-state index contributed by atoms with van der Waals surface area (Å²) in [6.45, 7) is 2.03. The maximum atomic E-state index is 11.7. The molecule has 0 bridgehead atoms. The molecule has 0 spiro atoms. The minimum Gasteiger partial charge on any atom is -0.462 e. The maximum absolute atomic E-state index is 11.7. The van der Waals surface area contributed by atoms with Crippen molar-refractivity contribution in [2.45, 2.75) is 12.8 Å². The molecule has 0 unspecified atom stereocenters. The van der Waals surface area contributed by atoms with E-state index in [9.17, 15) is 4.79 Å². The zero-order chi connectivity index (χ0) is 13.7. The summed E-state index contributed by atoms with van der Waals surface area (Å²) in [7, 11) is 0. The highest BCUT2D eigenvalue weighted by Gasteiger charge is 2.15. The molecular formula is C13H12ClN3O2. The standard InChI is InChI=1S/C13H12ClN3O2/c1-2-19-13(18)9-8-16-12(17-11(9)7-14)10-5-3-4-6-15-10/h3-6,8H,2,7H2,1H3. The van der Waals surface area contributed by atoms with Crippen LogP contribution in [0.3, 0.4) is 0 Å². The molecule has 2 rings (SSSR count). The largest absolute Gasteiger partial charge is 0.462 e. The van der Waals surface area contributed by atoms with Crippen LogP contribution >= 0.6 is 11.6 Å². The number of halogens is 1. The zero-order valence-corrected chi connectivity index (χ0v) is 11.1. The third-order valence-electron chi connectivity index (χ3n) is 2.38. The van der Waals surface area contributed by atoms with Gasteiger partial charge in [-0.05, 0) is 19.1 Å². The quantitative estimate of drug-likeness (QED) is 0.634. The van der Waals surface area contributed by atoms with Gasteiger partial charge >= 0.3 is 5.97 Å². The number of carbonyl (C=O) groups is 1. The number of rotatable bonds is 4. The number of alkyl halides is 1. The summed E-state index contributed by atoms with van der Waals surface area (Å²) in [4.78, 5) is 24.2. The van der Waals surface area contributed by atoms with Gasteiger partial charge in [-0.15, -0.1) is 11.6 Å². The van der Waals surface area contributed by atoms with Crippen molar-refractivity contribution in [3.05, 3.63) is 41.9 Å². The molecule has 0 N–H and O–H groups in total. The van der Waals surface area contributed by atoms with Crippen molar-refractivity contribution < 1.29 is 9.53 Å². The average molecular weight is 278 g/mol. The highest BCUT2D eigenvalue weighted by Crippen LogP contribution is 2.16. The minimum atomic E-state index is -0.467. The first kappa shape index (κ1) is 13.4. The second-order valence-corrected chi connectivity index (χ2v) is 3.89. The molecule has 2 aromatic heterocycles. The molecule has 2 aromatic rings. The molecule has 0 saturated carbocycles. The van der Waals surface area contributed by atoms with E-state index in [1.54, 1.807) is 25.3 Å². The molecule has 0 atom stereocenters. The summed E-state index contributed by atoms with van der Waals surface area (Å²) in [5, 5.41) is 0. The van der Waals surface area contributed by atoms with E-state index in [1.807, 2.05) is 6.07 Å². The van der Waals surface area contributed by atoms with Gasteiger partial charge < -0.3 is 4.74 Å². The molecule has 98 valence electrons. The smallest absolute Gasteiger partial charge is 0.341 e. The fourth-order valence-corrected chi connectivity index (χ4v) is 1.72. The van der Waals surface area contributed by atoms with E-state index < -0.39 is 5.97 Å². The van der Waals surface area contributed by atoms with Crippen molar-refractivity contribution in [2.75, 3.05) is 6.61 Å². The molecule has 0 aromatic carbocycles. The van der Waals surface area contributed by atoms with Crippen LogP contribution in [-0.2, 0) is 10.6 Å². The van der Waals surface area contributed by atoms with Crippen molar-refractivity contribution in [1.82, 2.24) is 15.0 Å². The van der Waals surface area contributed by atoms with Crippen LogP contribution in [0.5, 0.6) is 0 Å². The summed E-state index contributed by atoms with van der Waals surface area (Å²) >= 11 is 5.82. The van der Waals surface area contributed by atoms with E-state index in [1.165, 1.54) is 6.20 Å². The van der Waals surface area contributed by atoms with Crippen LogP contribution in [-0.4, -0.2) is 27.5 Å². The Balaban J connectivity index is 2.39. The van der Waals surface area contributed by atoms with Gasteiger partial charge in [0.05, 0.1) is 18.2 Å². The van der Waals surface area contributed by atoms with Crippen LogP contribution in [0.1, 0.15) is 23.0 Å². The molecule has 0 fully saturated rings. The minimum absolute atomic E-state index is 0.108. The van der Waals surface area contributed by atoms with Crippen LogP contribution < -0.4 is 0 Å². The van der Waals surface area contributed by atoms with Crippen LogP contribution in [0.15, 0.2) is 30.6 Å². The van der Waals surface area contributed by atoms with Gasteiger partial charge in [-0.2, -0.15) is 0 Å². The summed E-state index contributed by atoms with van der Waals surface area (Å²) in [5.74, 6) is 0.0753. The van der Waals surface area contributed by atoms with Crippen molar-refractivity contribution in [3.8, 4) is 11.5 Å². The fourth-order valence-electron chi connectivity index (χ4n) is 1.52. The molecule has 2 heterocycles. The number of carbonyl (C=O) groups excluding carboxylic acids is 1. The third-order valence-corrected chi connectivity index (χ3v) is 2.64. The molecule has 0 amide bonds. The Labute approximate surface area is 115 Å². The predicted octanol–water partition coefficient (Wildman–Crippen LogP) is 2.45. The number of nitrogens with zero attached hydrogens (tertiary/aromatic N) is 3. The van der Waals surface area contributed by atoms with E-state index in [0.717, 1.165) is 0 Å². The maximum Gasteiger partial charge on any atom is 0.341 e. The first-order valence-electron chi connectivity index (χ1n) is 5.76. The molecule has 0 aliphatic carbocycles. The molecular weight excluding hydrogens is 266 g/mol. The lowest BCUT2D eigenvalue weighted by Crippen LogP contribution is -2.10. The number of esters is 1. The summed E-state index contributed by atoms with van der Waals surface area (Å²) in [6, 6.07) is 5.43. The van der Waals surface area contributed by atoms with Crippen LogP contribution in [0.25, 0.3) is 11.5 Å². The Morgan fingerprint density at radius 2 is 2.21 bits per heavy atom. The number of aromatic nitrogens is 3. The second-order valence-electron chi connectivity index (χ2n) is 3.62. The van der Waals surface area contributed by atoms with E-state index in [2.05, 4.69) is 15.0 Å². The monoisotopic (exact) mass is 277 g/mol. The van der Waals surface area contributed by atoms with Gasteiger partial charge in [0.2, 0.25) is 0 Å². The number of hydrogen-bond donors (Lipinski definition) is 0. The van der Waals surface area contributed by atoms with Crippen LogP contribution in [0.2, 0.25) is 0 Å². The topological polar surface area (TPSA) is 65.0 Å². The zero-order valence-electron chi connectivity index (χ0n) is 10.3. The first-order chi connectivity index (χ1) is 9.26. The summed E-state index contributed by atoms with van der Waals surface area (Å²) in [6.07, 6.45) is 3.07. The molecule has 0 radical (unpaired) electrons. The van der Waals surface area contributed by atoms with Gasteiger partial charge in [0.25, 0.3) is 0 Å². The number of ether oxygens (including phenoxy) is 1. The Morgan fingerprint density at radius 3 is 2.84 bits per heavy atom. The molecule has 0 aliphatic heterocycles.